The van der Waals surface area contributed by atoms with Crippen molar-refractivity contribution in [3.8, 4) is 0 Å². The first-order chi connectivity index (χ1) is 16.9. The normalized spacial score (nSPS) is 13.5. The Balaban J connectivity index is 1.85. The summed E-state index contributed by atoms with van der Waals surface area (Å²) in [5.74, 6) is 0.989. The van der Waals surface area contributed by atoms with Crippen molar-refractivity contribution in [3.05, 3.63) is 108 Å². The Bertz CT molecular complexity index is 2020. The molecule has 1 aliphatic carbocycles. The van der Waals surface area contributed by atoms with Crippen LogP contribution >= 0.6 is 0 Å². The molecule has 0 aliphatic heterocycles. The van der Waals surface area contributed by atoms with Crippen molar-refractivity contribution in [1.29, 1.82) is 0 Å². The first kappa shape index (κ1) is 18.1. The summed E-state index contributed by atoms with van der Waals surface area (Å²) >= 11 is 0. The maximum Gasteiger partial charge on any atom is 0.220 e. The van der Waals surface area contributed by atoms with Gasteiger partial charge in [-0.05, 0) is 52.6 Å². The van der Waals surface area contributed by atoms with Crippen molar-refractivity contribution in [2.45, 2.75) is 12.8 Å². The third kappa shape index (κ3) is 2.24. The van der Waals surface area contributed by atoms with Crippen LogP contribution in [0.15, 0.2) is 97.1 Å². The number of rotatable bonds is 0. The van der Waals surface area contributed by atoms with Crippen LogP contribution in [0, 0.1) is 0 Å². The lowest BCUT2D eigenvalue weighted by atomic mass is 10.0. The van der Waals surface area contributed by atoms with E-state index in [-0.39, 0.29) is 0 Å². The predicted molar refractivity (Wildman–Crippen MR) is 142 cm³/mol. The molecule has 0 amide bonds. The van der Waals surface area contributed by atoms with Crippen LogP contribution in [0.5, 0.6) is 0 Å². The van der Waals surface area contributed by atoms with Gasteiger partial charge in [-0.15, -0.1) is 0 Å². The van der Waals surface area contributed by atoms with E-state index >= 15 is 0 Å². The first-order valence-electron chi connectivity index (χ1n) is 11.9. The molecule has 3 heteroatoms. The summed E-state index contributed by atoms with van der Waals surface area (Å²) in [7, 11) is 0. The van der Waals surface area contributed by atoms with E-state index in [1.807, 2.05) is 0 Å². The number of imidazole rings is 2. The lowest BCUT2D eigenvalue weighted by molar-refractivity contribution is 0.941. The van der Waals surface area contributed by atoms with Crippen molar-refractivity contribution in [2.75, 3.05) is 0 Å². The number of nitrogens with zero attached hydrogens (tertiary/aromatic N) is 3. The second kappa shape index (κ2) is 6.58. The summed E-state index contributed by atoms with van der Waals surface area (Å²) in [6, 6.07) is 33.0. The SMILES string of the molecule is C1=Cc2c(nc3n2c2cccc4c5ccccc5c5ccccc5c5ccccc5n3c42)CC1. The van der Waals surface area contributed by atoms with Crippen molar-refractivity contribution in [3.63, 3.8) is 0 Å². The Morgan fingerprint density at radius 3 is 1.91 bits per heavy atom. The van der Waals surface area contributed by atoms with Gasteiger partial charge in [0, 0.05) is 10.8 Å². The number of hydrogen-bond acceptors (Lipinski definition) is 1. The van der Waals surface area contributed by atoms with Gasteiger partial charge in [0.2, 0.25) is 5.78 Å². The molecule has 3 nitrogen and oxygen atoms in total. The third-order valence-corrected chi connectivity index (χ3v) is 7.34. The van der Waals surface area contributed by atoms with Gasteiger partial charge >= 0.3 is 0 Å². The molecule has 4 aromatic carbocycles. The monoisotopic (exact) mass is 435 g/mol. The van der Waals surface area contributed by atoms with Crippen LogP contribution in [-0.4, -0.2) is 13.8 Å². The van der Waals surface area contributed by atoms with E-state index in [0.717, 1.165) is 18.6 Å². The smallest absolute Gasteiger partial charge is 0.220 e. The number of para-hydroxylation sites is 2. The van der Waals surface area contributed by atoms with Gasteiger partial charge in [0.25, 0.3) is 0 Å². The Kier molecular flexibility index (Phi) is 3.50. The van der Waals surface area contributed by atoms with Gasteiger partial charge < -0.3 is 0 Å². The minimum Gasteiger partial charge on any atom is -0.277 e. The maximum atomic E-state index is 5.22. The van der Waals surface area contributed by atoms with Gasteiger partial charge in [0.1, 0.15) is 0 Å². The van der Waals surface area contributed by atoms with Gasteiger partial charge in [-0.3, -0.25) is 8.80 Å². The highest BCUT2D eigenvalue weighted by Gasteiger charge is 2.21. The number of hydrogen-bond donors (Lipinski definition) is 0. The number of aryl methyl sites for hydroxylation is 1. The molecule has 0 bridgehead atoms. The molecule has 34 heavy (non-hydrogen) atoms. The predicted octanol–water partition coefficient (Wildman–Crippen LogP) is 7.72. The van der Waals surface area contributed by atoms with Crippen LogP contribution in [0.2, 0.25) is 0 Å². The van der Waals surface area contributed by atoms with Gasteiger partial charge in [0.15, 0.2) is 0 Å². The summed E-state index contributed by atoms with van der Waals surface area (Å²) in [6.45, 7) is 0. The van der Waals surface area contributed by atoms with Crippen molar-refractivity contribution in [1.82, 2.24) is 13.8 Å². The molecule has 1 aliphatic rings. The highest BCUT2D eigenvalue weighted by molar-refractivity contribution is 6.21. The number of aromatic nitrogens is 3. The summed E-state index contributed by atoms with van der Waals surface area (Å²) in [5, 5.41) is 7.47. The molecule has 0 saturated heterocycles. The zero-order valence-electron chi connectivity index (χ0n) is 18.6. The summed E-state index contributed by atoms with van der Waals surface area (Å²) in [6.07, 6.45) is 6.55. The topological polar surface area (TPSA) is 21.7 Å². The molecule has 3 heterocycles. The fourth-order valence-electron chi connectivity index (χ4n) is 5.92. The van der Waals surface area contributed by atoms with E-state index in [1.165, 1.54) is 60.3 Å². The molecule has 0 fully saturated rings. The Labute approximate surface area is 195 Å². The van der Waals surface area contributed by atoms with Gasteiger partial charge in [0.05, 0.1) is 27.9 Å². The fraction of sp³-hybridized carbons (Fsp3) is 0.0645. The maximum absolute atomic E-state index is 5.22. The quantitative estimate of drug-likeness (QED) is 0.239. The van der Waals surface area contributed by atoms with E-state index in [1.54, 1.807) is 0 Å². The highest BCUT2D eigenvalue weighted by Crippen LogP contribution is 2.36. The molecule has 3 aromatic heterocycles. The molecule has 0 atom stereocenters. The van der Waals surface area contributed by atoms with Crippen LogP contribution in [0.1, 0.15) is 17.8 Å². The minimum atomic E-state index is 0.988. The average molecular weight is 436 g/mol. The molecular weight excluding hydrogens is 414 g/mol. The van der Waals surface area contributed by atoms with Crippen LogP contribution in [-0.2, 0) is 6.42 Å². The highest BCUT2D eigenvalue weighted by atomic mass is 15.2. The van der Waals surface area contributed by atoms with Gasteiger partial charge in [-0.2, -0.15) is 0 Å². The van der Waals surface area contributed by atoms with E-state index in [2.05, 4.69) is 112 Å². The molecule has 160 valence electrons. The number of allylic oxidation sites excluding steroid dienone is 1. The number of fused-ring (bicyclic) bond motifs is 12. The van der Waals surface area contributed by atoms with Crippen molar-refractivity contribution >= 4 is 60.7 Å². The number of benzene rings is 4. The third-order valence-electron chi connectivity index (χ3n) is 7.34. The molecule has 0 spiro atoms. The second-order valence-corrected chi connectivity index (χ2v) is 9.14. The van der Waals surface area contributed by atoms with E-state index in [9.17, 15) is 0 Å². The lowest BCUT2D eigenvalue weighted by Crippen LogP contribution is -1.95. The second-order valence-electron chi connectivity index (χ2n) is 9.14. The minimum absolute atomic E-state index is 0.988. The molecule has 0 saturated carbocycles. The van der Waals surface area contributed by atoms with Crippen molar-refractivity contribution in [2.24, 2.45) is 0 Å². The summed E-state index contributed by atoms with van der Waals surface area (Å²) in [4.78, 5) is 5.22. The average Bonchev–Trinajstić information content (AvgIpc) is 3.44. The lowest BCUT2D eigenvalue weighted by Gasteiger charge is -2.05. The van der Waals surface area contributed by atoms with Gasteiger partial charge in [-0.1, -0.05) is 84.9 Å². The van der Waals surface area contributed by atoms with Crippen LogP contribution in [0.3, 0.4) is 0 Å². The van der Waals surface area contributed by atoms with Crippen LogP contribution in [0.25, 0.3) is 60.7 Å². The van der Waals surface area contributed by atoms with E-state index < -0.39 is 0 Å². The largest absolute Gasteiger partial charge is 0.277 e. The van der Waals surface area contributed by atoms with E-state index in [4.69, 9.17) is 4.98 Å². The molecular formula is C31H21N3. The molecule has 0 radical (unpaired) electrons. The van der Waals surface area contributed by atoms with Crippen LogP contribution in [0.4, 0.5) is 0 Å². The zero-order chi connectivity index (χ0) is 22.2. The zero-order valence-corrected chi connectivity index (χ0v) is 18.6. The Morgan fingerprint density at radius 1 is 0.559 bits per heavy atom. The van der Waals surface area contributed by atoms with Crippen LogP contribution < -0.4 is 0 Å². The molecule has 0 unspecified atom stereocenters. The van der Waals surface area contributed by atoms with Gasteiger partial charge in [-0.25, -0.2) is 4.98 Å². The summed E-state index contributed by atoms with van der Waals surface area (Å²) < 4.78 is 4.75. The first-order valence-corrected chi connectivity index (χ1v) is 11.9. The van der Waals surface area contributed by atoms with E-state index in [0.29, 0.717) is 0 Å². The molecule has 0 N–H and O–H groups in total. The standard InChI is InChI=1S/C31H21N3/c1-3-12-22-20(10-1)21-11-2-4-13-23(21)25-15-9-19-29-30(25)34(27-17-7-5-14-24(22)27)31-32-26-16-6-8-18-28(26)33(29)31/h1-5,7-15,17-19H,6,16H2. The Hall–Kier alpha value is -4.37. The molecule has 8 rings (SSSR count). The molecule has 7 aromatic rings. The fourth-order valence-corrected chi connectivity index (χ4v) is 5.92. The Morgan fingerprint density at radius 2 is 1.15 bits per heavy atom. The summed E-state index contributed by atoms with van der Waals surface area (Å²) in [5.41, 5.74) is 5.97. The van der Waals surface area contributed by atoms with Crippen molar-refractivity contribution < 1.29 is 0 Å².